The summed E-state index contributed by atoms with van der Waals surface area (Å²) in [4.78, 5) is 37.0. The molecule has 0 atom stereocenters. The van der Waals surface area contributed by atoms with Crippen LogP contribution < -0.4 is 16.2 Å². The quantitative estimate of drug-likeness (QED) is 0.612. The van der Waals surface area contributed by atoms with E-state index in [1.54, 1.807) is 24.3 Å². The van der Waals surface area contributed by atoms with Crippen molar-refractivity contribution in [1.29, 1.82) is 0 Å². The van der Waals surface area contributed by atoms with Crippen LogP contribution in [-0.4, -0.2) is 26.8 Å². The minimum absolute atomic E-state index is 0.0700. The Morgan fingerprint density at radius 2 is 1.87 bits per heavy atom. The first-order chi connectivity index (χ1) is 15.1. The lowest BCUT2D eigenvalue weighted by atomic mass is 10.1. The van der Waals surface area contributed by atoms with Crippen LogP contribution in [0.25, 0.3) is 10.9 Å². The van der Waals surface area contributed by atoms with Gasteiger partial charge in [0.05, 0.1) is 11.9 Å². The molecule has 160 valence electrons. The molecule has 0 saturated heterocycles. The molecule has 8 nitrogen and oxygen atoms in total. The van der Waals surface area contributed by atoms with Gasteiger partial charge in [0.1, 0.15) is 5.52 Å². The van der Waals surface area contributed by atoms with E-state index in [1.807, 2.05) is 24.3 Å². The Kier molecular flexibility index (Phi) is 6.35. The zero-order chi connectivity index (χ0) is 21.6. The molecule has 31 heavy (non-hydrogen) atoms. The van der Waals surface area contributed by atoms with Gasteiger partial charge in [0.25, 0.3) is 5.56 Å². The number of aryl methyl sites for hydroxylation is 1. The molecule has 3 aromatic rings. The van der Waals surface area contributed by atoms with Gasteiger partial charge >= 0.3 is 0 Å². The SMILES string of the molecule is O=C(CCn1nnc2ccccc2c1=O)NCc1cccc(NC(=O)C2CCCC2)c1. The third kappa shape index (κ3) is 5.14. The van der Waals surface area contributed by atoms with Crippen molar-refractivity contribution in [3.8, 4) is 0 Å². The zero-order valence-corrected chi connectivity index (χ0v) is 17.2. The summed E-state index contributed by atoms with van der Waals surface area (Å²) < 4.78 is 1.21. The van der Waals surface area contributed by atoms with Crippen molar-refractivity contribution in [3.05, 3.63) is 64.4 Å². The minimum atomic E-state index is -0.260. The van der Waals surface area contributed by atoms with E-state index >= 15 is 0 Å². The van der Waals surface area contributed by atoms with Gasteiger partial charge < -0.3 is 10.6 Å². The monoisotopic (exact) mass is 419 g/mol. The fourth-order valence-electron chi connectivity index (χ4n) is 3.86. The van der Waals surface area contributed by atoms with Crippen LogP contribution in [-0.2, 0) is 22.7 Å². The molecule has 0 unspecified atom stereocenters. The summed E-state index contributed by atoms with van der Waals surface area (Å²) in [6.45, 7) is 0.490. The lowest BCUT2D eigenvalue weighted by Crippen LogP contribution is -2.29. The van der Waals surface area contributed by atoms with Gasteiger partial charge in [0.15, 0.2) is 0 Å². The lowest BCUT2D eigenvalue weighted by molar-refractivity contribution is -0.121. The molecule has 8 heteroatoms. The number of rotatable bonds is 7. The summed E-state index contributed by atoms with van der Waals surface area (Å²) in [5.41, 5.74) is 1.90. The first-order valence-corrected chi connectivity index (χ1v) is 10.6. The molecule has 2 aromatic carbocycles. The van der Waals surface area contributed by atoms with Gasteiger partial charge in [-0.2, -0.15) is 0 Å². The average Bonchev–Trinajstić information content (AvgIpc) is 3.33. The van der Waals surface area contributed by atoms with Crippen LogP contribution in [0.3, 0.4) is 0 Å². The Hall–Kier alpha value is -3.55. The number of hydrogen-bond donors (Lipinski definition) is 2. The van der Waals surface area contributed by atoms with E-state index in [0.29, 0.717) is 17.4 Å². The summed E-state index contributed by atoms with van der Waals surface area (Å²) in [5, 5.41) is 14.2. The highest BCUT2D eigenvalue weighted by atomic mass is 16.2. The predicted molar refractivity (Wildman–Crippen MR) is 117 cm³/mol. The van der Waals surface area contributed by atoms with Gasteiger partial charge in [-0.1, -0.05) is 42.3 Å². The highest BCUT2D eigenvalue weighted by Gasteiger charge is 2.22. The Labute approximate surface area is 179 Å². The Morgan fingerprint density at radius 1 is 1.06 bits per heavy atom. The molecule has 1 aliphatic carbocycles. The van der Waals surface area contributed by atoms with Crippen molar-refractivity contribution in [2.75, 3.05) is 5.32 Å². The molecule has 1 aromatic heterocycles. The van der Waals surface area contributed by atoms with Crippen molar-refractivity contribution in [1.82, 2.24) is 20.3 Å². The van der Waals surface area contributed by atoms with Crippen LogP contribution in [0.5, 0.6) is 0 Å². The molecule has 1 aliphatic rings. The van der Waals surface area contributed by atoms with Crippen molar-refractivity contribution in [3.63, 3.8) is 0 Å². The summed E-state index contributed by atoms with van der Waals surface area (Å²) >= 11 is 0. The predicted octanol–water partition coefficient (Wildman–Crippen LogP) is 2.63. The number of anilines is 1. The third-order valence-electron chi connectivity index (χ3n) is 5.59. The topological polar surface area (TPSA) is 106 Å². The minimum Gasteiger partial charge on any atom is -0.352 e. The van der Waals surface area contributed by atoms with Crippen LogP contribution >= 0.6 is 0 Å². The van der Waals surface area contributed by atoms with Gasteiger partial charge in [-0.15, -0.1) is 5.10 Å². The van der Waals surface area contributed by atoms with Crippen LogP contribution in [0.4, 0.5) is 5.69 Å². The molecule has 0 spiro atoms. The number of carbonyl (C=O) groups is 2. The number of aromatic nitrogens is 3. The van der Waals surface area contributed by atoms with E-state index in [1.165, 1.54) is 4.68 Å². The van der Waals surface area contributed by atoms with Crippen LogP contribution in [0, 0.1) is 5.92 Å². The van der Waals surface area contributed by atoms with Gasteiger partial charge in [-0.05, 0) is 42.7 Å². The maximum Gasteiger partial charge on any atom is 0.277 e. The van der Waals surface area contributed by atoms with Gasteiger partial charge in [-0.3, -0.25) is 14.4 Å². The first-order valence-electron chi connectivity index (χ1n) is 10.6. The summed E-state index contributed by atoms with van der Waals surface area (Å²) in [7, 11) is 0. The maximum atomic E-state index is 12.4. The number of fused-ring (bicyclic) bond motifs is 1. The molecule has 1 fully saturated rings. The molecule has 4 rings (SSSR count). The number of hydrogen-bond acceptors (Lipinski definition) is 5. The van der Waals surface area contributed by atoms with E-state index in [2.05, 4.69) is 20.9 Å². The summed E-state index contributed by atoms with van der Waals surface area (Å²) in [6, 6.07) is 14.5. The lowest BCUT2D eigenvalue weighted by Gasteiger charge is -2.12. The molecule has 0 aliphatic heterocycles. The highest BCUT2D eigenvalue weighted by Crippen LogP contribution is 2.26. The molecule has 0 bridgehead atoms. The molecule has 0 radical (unpaired) electrons. The number of benzene rings is 2. The Morgan fingerprint density at radius 3 is 2.71 bits per heavy atom. The van der Waals surface area contributed by atoms with Gasteiger partial charge in [0, 0.05) is 24.6 Å². The molecule has 2 amide bonds. The normalized spacial score (nSPS) is 13.9. The van der Waals surface area contributed by atoms with Crippen LogP contribution in [0.15, 0.2) is 53.3 Å². The highest BCUT2D eigenvalue weighted by molar-refractivity contribution is 5.92. The second kappa shape index (κ2) is 9.51. The fourth-order valence-corrected chi connectivity index (χ4v) is 3.86. The molecular weight excluding hydrogens is 394 g/mol. The van der Waals surface area contributed by atoms with Crippen molar-refractivity contribution < 1.29 is 9.59 Å². The van der Waals surface area contributed by atoms with E-state index in [9.17, 15) is 14.4 Å². The summed E-state index contributed by atoms with van der Waals surface area (Å²) in [6.07, 6.45) is 4.24. The van der Waals surface area contributed by atoms with Crippen molar-refractivity contribution >= 4 is 28.4 Å². The number of nitrogens with zero attached hydrogens (tertiary/aromatic N) is 3. The van der Waals surface area contributed by atoms with E-state index in [4.69, 9.17) is 0 Å². The molecule has 1 heterocycles. The molecule has 2 N–H and O–H groups in total. The van der Waals surface area contributed by atoms with Crippen LogP contribution in [0.1, 0.15) is 37.7 Å². The number of carbonyl (C=O) groups excluding carboxylic acids is 2. The third-order valence-corrected chi connectivity index (χ3v) is 5.59. The number of nitrogens with one attached hydrogen (secondary N) is 2. The second-order valence-electron chi connectivity index (χ2n) is 7.83. The smallest absolute Gasteiger partial charge is 0.277 e. The van der Waals surface area contributed by atoms with E-state index < -0.39 is 0 Å². The van der Waals surface area contributed by atoms with E-state index in [0.717, 1.165) is 36.9 Å². The van der Waals surface area contributed by atoms with E-state index in [-0.39, 0.29) is 36.3 Å². The number of amides is 2. The fraction of sp³-hybridized carbons (Fsp3) is 0.348. The average molecular weight is 419 g/mol. The summed E-state index contributed by atoms with van der Waals surface area (Å²) in [5.74, 6) is -0.0205. The van der Waals surface area contributed by atoms with Crippen molar-refractivity contribution in [2.45, 2.75) is 45.2 Å². The van der Waals surface area contributed by atoms with Gasteiger partial charge in [-0.25, -0.2) is 4.68 Å². The molecule has 1 saturated carbocycles. The largest absolute Gasteiger partial charge is 0.352 e. The van der Waals surface area contributed by atoms with Gasteiger partial charge in [0.2, 0.25) is 11.8 Å². The maximum absolute atomic E-state index is 12.4. The second-order valence-corrected chi connectivity index (χ2v) is 7.83. The van der Waals surface area contributed by atoms with Crippen molar-refractivity contribution in [2.24, 2.45) is 5.92 Å². The first kappa shape index (κ1) is 20.7. The zero-order valence-electron chi connectivity index (χ0n) is 17.2. The molecular formula is C23H25N5O3. The Bertz CT molecular complexity index is 1150. The Balaban J connectivity index is 1.29. The standard InChI is InChI=1S/C23H25N5O3/c29-21(12-13-28-23(31)19-10-3-4-11-20(19)26-27-28)24-15-16-6-5-9-18(14-16)25-22(30)17-7-1-2-8-17/h3-6,9-11,14,17H,1-2,7-8,12-13,15H2,(H,24,29)(H,25,30). The van der Waals surface area contributed by atoms with Crippen LogP contribution in [0.2, 0.25) is 0 Å².